The van der Waals surface area contributed by atoms with Gasteiger partial charge in [0.15, 0.2) is 0 Å². The van der Waals surface area contributed by atoms with Crippen molar-refractivity contribution in [3.05, 3.63) is 60.4 Å². The number of nitrogens with one attached hydrogen (secondary N) is 3. The van der Waals surface area contributed by atoms with Crippen LogP contribution in [0.1, 0.15) is 12.1 Å². The van der Waals surface area contributed by atoms with Crippen LogP contribution in [0.15, 0.2) is 54.7 Å². The standard InChI is InChI=1S/C16H20N4O/c21-16(20-13-15-9-4-5-10-18-15)19-12-6-11-17-14-7-2-1-3-8-14/h1-5,7-10,17H,6,11-13H2,(H2,19,20,21). The molecule has 21 heavy (non-hydrogen) atoms. The molecule has 1 aromatic heterocycles. The fourth-order valence-electron chi connectivity index (χ4n) is 1.82. The average molecular weight is 284 g/mol. The third kappa shape index (κ3) is 5.95. The fraction of sp³-hybridized carbons (Fsp3) is 0.250. The molecule has 0 aliphatic rings. The highest BCUT2D eigenvalue weighted by Crippen LogP contribution is 2.04. The predicted molar refractivity (Wildman–Crippen MR) is 84.0 cm³/mol. The summed E-state index contributed by atoms with van der Waals surface area (Å²) in [5.41, 5.74) is 1.94. The van der Waals surface area contributed by atoms with Gasteiger partial charge in [0.25, 0.3) is 0 Å². The predicted octanol–water partition coefficient (Wildman–Crippen LogP) is 2.38. The van der Waals surface area contributed by atoms with Crippen LogP contribution in [-0.4, -0.2) is 24.1 Å². The van der Waals surface area contributed by atoms with Crippen LogP contribution in [0.5, 0.6) is 0 Å². The quantitative estimate of drug-likeness (QED) is 0.684. The number of pyridine rings is 1. The third-order valence-electron chi connectivity index (χ3n) is 2.90. The van der Waals surface area contributed by atoms with Gasteiger partial charge in [0.1, 0.15) is 0 Å². The summed E-state index contributed by atoms with van der Waals surface area (Å²) in [6, 6.07) is 15.5. The van der Waals surface area contributed by atoms with E-state index in [1.807, 2.05) is 48.5 Å². The molecule has 0 aliphatic heterocycles. The molecule has 0 unspecified atom stereocenters. The van der Waals surface area contributed by atoms with Crippen LogP contribution in [-0.2, 0) is 6.54 Å². The minimum atomic E-state index is -0.166. The lowest BCUT2D eigenvalue weighted by Gasteiger charge is -2.08. The van der Waals surface area contributed by atoms with E-state index < -0.39 is 0 Å². The van der Waals surface area contributed by atoms with E-state index in [2.05, 4.69) is 20.9 Å². The van der Waals surface area contributed by atoms with E-state index in [0.29, 0.717) is 13.1 Å². The number of hydrogen-bond donors (Lipinski definition) is 3. The number of aromatic nitrogens is 1. The molecule has 0 bridgehead atoms. The number of hydrogen-bond acceptors (Lipinski definition) is 3. The van der Waals surface area contributed by atoms with Crippen LogP contribution in [0.2, 0.25) is 0 Å². The van der Waals surface area contributed by atoms with E-state index in [-0.39, 0.29) is 6.03 Å². The monoisotopic (exact) mass is 284 g/mol. The molecule has 1 heterocycles. The van der Waals surface area contributed by atoms with Gasteiger partial charge in [-0.1, -0.05) is 24.3 Å². The Morgan fingerprint density at radius 2 is 1.76 bits per heavy atom. The zero-order valence-corrected chi connectivity index (χ0v) is 11.9. The minimum absolute atomic E-state index is 0.166. The zero-order chi connectivity index (χ0) is 14.8. The van der Waals surface area contributed by atoms with Crippen molar-refractivity contribution < 1.29 is 4.79 Å². The number of nitrogens with zero attached hydrogens (tertiary/aromatic N) is 1. The second kappa shape index (κ2) is 8.58. The first-order valence-electron chi connectivity index (χ1n) is 7.05. The molecule has 1 aromatic carbocycles. The highest BCUT2D eigenvalue weighted by molar-refractivity contribution is 5.73. The van der Waals surface area contributed by atoms with Gasteiger partial charge >= 0.3 is 6.03 Å². The van der Waals surface area contributed by atoms with Gasteiger partial charge < -0.3 is 16.0 Å². The van der Waals surface area contributed by atoms with Gasteiger partial charge in [-0.3, -0.25) is 4.98 Å². The summed E-state index contributed by atoms with van der Waals surface area (Å²) in [4.78, 5) is 15.7. The molecule has 0 fully saturated rings. The lowest BCUT2D eigenvalue weighted by Crippen LogP contribution is -2.36. The van der Waals surface area contributed by atoms with Gasteiger partial charge in [0, 0.05) is 25.0 Å². The lowest BCUT2D eigenvalue weighted by atomic mass is 10.3. The Balaban J connectivity index is 1.53. The Hall–Kier alpha value is -2.56. The molecule has 5 nitrogen and oxygen atoms in total. The van der Waals surface area contributed by atoms with E-state index in [0.717, 1.165) is 24.3 Å². The molecule has 2 amide bonds. The van der Waals surface area contributed by atoms with E-state index in [4.69, 9.17) is 0 Å². The first-order chi connectivity index (χ1) is 10.3. The smallest absolute Gasteiger partial charge is 0.315 e. The molecule has 2 aromatic rings. The summed E-state index contributed by atoms with van der Waals surface area (Å²) >= 11 is 0. The summed E-state index contributed by atoms with van der Waals surface area (Å²) in [6.45, 7) is 1.90. The summed E-state index contributed by atoms with van der Waals surface area (Å²) < 4.78 is 0. The number of anilines is 1. The van der Waals surface area contributed by atoms with Crippen molar-refractivity contribution in [1.29, 1.82) is 0 Å². The molecular formula is C16H20N4O. The van der Waals surface area contributed by atoms with Crippen molar-refractivity contribution in [3.63, 3.8) is 0 Å². The second-order valence-corrected chi connectivity index (χ2v) is 4.58. The van der Waals surface area contributed by atoms with Gasteiger partial charge in [0.2, 0.25) is 0 Å². The summed E-state index contributed by atoms with van der Waals surface area (Å²) in [6.07, 6.45) is 2.58. The number of urea groups is 1. The first kappa shape index (κ1) is 14.8. The van der Waals surface area contributed by atoms with Crippen LogP contribution in [0.4, 0.5) is 10.5 Å². The van der Waals surface area contributed by atoms with Crippen LogP contribution in [0.3, 0.4) is 0 Å². The molecule has 2 rings (SSSR count). The maximum atomic E-state index is 11.6. The van der Waals surface area contributed by atoms with E-state index >= 15 is 0 Å². The van der Waals surface area contributed by atoms with Gasteiger partial charge in [-0.05, 0) is 30.7 Å². The van der Waals surface area contributed by atoms with Crippen molar-refractivity contribution >= 4 is 11.7 Å². The molecule has 0 atom stereocenters. The normalized spacial score (nSPS) is 9.90. The maximum Gasteiger partial charge on any atom is 0.315 e. The van der Waals surface area contributed by atoms with Crippen LogP contribution in [0, 0.1) is 0 Å². The molecule has 0 radical (unpaired) electrons. The number of benzene rings is 1. The second-order valence-electron chi connectivity index (χ2n) is 4.58. The number of carbonyl (C=O) groups excluding carboxylic acids is 1. The van der Waals surface area contributed by atoms with Gasteiger partial charge in [-0.2, -0.15) is 0 Å². The van der Waals surface area contributed by atoms with Crippen LogP contribution in [0.25, 0.3) is 0 Å². The maximum absolute atomic E-state index is 11.6. The summed E-state index contributed by atoms with van der Waals surface area (Å²) in [5, 5.41) is 8.89. The summed E-state index contributed by atoms with van der Waals surface area (Å²) in [5.74, 6) is 0. The van der Waals surface area contributed by atoms with E-state index in [9.17, 15) is 4.79 Å². The third-order valence-corrected chi connectivity index (χ3v) is 2.90. The zero-order valence-electron chi connectivity index (χ0n) is 11.9. The largest absolute Gasteiger partial charge is 0.385 e. The number of rotatable bonds is 7. The number of amides is 2. The van der Waals surface area contributed by atoms with Crippen molar-refractivity contribution in [1.82, 2.24) is 15.6 Å². The molecular weight excluding hydrogens is 264 g/mol. The lowest BCUT2D eigenvalue weighted by molar-refractivity contribution is 0.240. The van der Waals surface area contributed by atoms with Crippen molar-refractivity contribution in [2.24, 2.45) is 0 Å². The van der Waals surface area contributed by atoms with Crippen molar-refractivity contribution in [3.8, 4) is 0 Å². The minimum Gasteiger partial charge on any atom is -0.385 e. The molecule has 0 saturated heterocycles. The van der Waals surface area contributed by atoms with Gasteiger partial charge in [-0.25, -0.2) is 4.79 Å². The Morgan fingerprint density at radius 1 is 0.952 bits per heavy atom. The number of para-hydroxylation sites is 1. The Labute approximate surface area is 124 Å². The molecule has 0 spiro atoms. The molecule has 5 heteroatoms. The molecule has 0 saturated carbocycles. The van der Waals surface area contributed by atoms with Crippen molar-refractivity contribution in [2.45, 2.75) is 13.0 Å². The van der Waals surface area contributed by atoms with Crippen molar-refractivity contribution in [2.75, 3.05) is 18.4 Å². The van der Waals surface area contributed by atoms with Gasteiger partial charge in [0.05, 0.1) is 12.2 Å². The Kier molecular flexibility index (Phi) is 6.06. The average Bonchev–Trinajstić information content (AvgIpc) is 2.54. The fourth-order valence-corrected chi connectivity index (χ4v) is 1.82. The van der Waals surface area contributed by atoms with E-state index in [1.54, 1.807) is 6.20 Å². The molecule has 110 valence electrons. The molecule has 3 N–H and O–H groups in total. The first-order valence-corrected chi connectivity index (χ1v) is 7.05. The van der Waals surface area contributed by atoms with E-state index in [1.165, 1.54) is 0 Å². The Bertz CT molecular complexity index is 530. The van der Waals surface area contributed by atoms with Gasteiger partial charge in [-0.15, -0.1) is 0 Å². The number of carbonyl (C=O) groups is 1. The molecule has 0 aliphatic carbocycles. The summed E-state index contributed by atoms with van der Waals surface area (Å²) in [7, 11) is 0. The topological polar surface area (TPSA) is 66.1 Å². The highest BCUT2D eigenvalue weighted by Gasteiger charge is 1.99. The highest BCUT2D eigenvalue weighted by atomic mass is 16.2. The van der Waals surface area contributed by atoms with Crippen LogP contribution >= 0.6 is 0 Å². The van der Waals surface area contributed by atoms with Crippen LogP contribution < -0.4 is 16.0 Å². The SMILES string of the molecule is O=C(NCCCNc1ccccc1)NCc1ccccn1. The Morgan fingerprint density at radius 3 is 2.52 bits per heavy atom.